The van der Waals surface area contributed by atoms with Crippen LogP contribution in [0.1, 0.15) is 85.1 Å². The summed E-state index contributed by atoms with van der Waals surface area (Å²) in [7, 11) is 0. The fraction of sp³-hybridized carbons (Fsp3) is 0.588. The number of aromatic nitrogens is 4. The molecule has 7 rings (SSSR count). The number of carbonyl (C=O) groups is 2. The number of phenolic OH excluding ortho intramolecular Hbond substituents is 1. The lowest BCUT2D eigenvalue weighted by atomic mass is 9.49. The van der Waals surface area contributed by atoms with Crippen LogP contribution >= 0.6 is 0 Å². The van der Waals surface area contributed by atoms with E-state index in [1.54, 1.807) is 24.7 Å². The highest BCUT2D eigenvalue weighted by Gasteiger charge is 2.51. The number of aromatic hydroxyl groups is 1. The summed E-state index contributed by atoms with van der Waals surface area (Å²) in [6.07, 6.45) is 11.9. The minimum Gasteiger partial charge on any atom is -0.508 e. The van der Waals surface area contributed by atoms with Gasteiger partial charge in [0.15, 0.2) is 11.8 Å². The van der Waals surface area contributed by atoms with E-state index in [4.69, 9.17) is 32.4 Å². The molecule has 2 aromatic heterocycles. The fourth-order valence-electron chi connectivity index (χ4n) is 9.26. The number of aromatic amines is 1. The minimum atomic E-state index is -1.84. The number of imidazole rings is 1. The molecule has 11 N–H and O–H groups in total. The van der Waals surface area contributed by atoms with Gasteiger partial charge in [-0.15, -0.1) is 0 Å². The molecule has 2 heterocycles. The van der Waals surface area contributed by atoms with Gasteiger partial charge in [-0.3, -0.25) is 14.6 Å². The number of nitrogens with one attached hydrogen (secondary N) is 2. The molecule has 14 nitrogen and oxygen atoms in total. The number of hydrogen-bond acceptors (Lipinski definition) is 9. The van der Waals surface area contributed by atoms with Gasteiger partial charge in [0.25, 0.3) is 0 Å². The van der Waals surface area contributed by atoms with Crippen LogP contribution < -0.4 is 28.3 Å². The zero-order valence-electron chi connectivity index (χ0n) is 27.7. The normalized spacial score (nSPS) is 25.3. The summed E-state index contributed by atoms with van der Waals surface area (Å²) in [5.41, 5.74) is 25.1. The quantitative estimate of drug-likeness (QED) is 0.0978. The molecule has 4 aliphatic carbocycles. The number of amides is 2. The second-order valence-electron chi connectivity index (χ2n) is 14.8. The molecular weight excluding hydrogens is 612 g/mol. The van der Waals surface area contributed by atoms with Crippen molar-refractivity contribution in [2.45, 2.75) is 89.6 Å². The van der Waals surface area contributed by atoms with E-state index in [-0.39, 0.29) is 48.8 Å². The number of phenols is 1. The highest BCUT2D eigenvalue weighted by Crippen LogP contribution is 2.60. The van der Waals surface area contributed by atoms with Crippen molar-refractivity contribution < 1.29 is 19.2 Å². The first-order valence-corrected chi connectivity index (χ1v) is 16.9. The summed E-state index contributed by atoms with van der Waals surface area (Å²) >= 11 is 0. The summed E-state index contributed by atoms with van der Waals surface area (Å²) in [5.74, 6) is 0.655. The lowest BCUT2D eigenvalue weighted by Gasteiger charge is -2.56. The SMILES string of the molecule is Cc1cc(O)cc(C)c1C[C@H](C(=O)N[C@@H](Cc1cnc[nH]1)c1nc(CC23CC4CC(CC(C4)C2)C3)no1)C(N)(CCN=C(N)N)C(N)=O. The number of hydrogen-bond donors (Lipinski definition) is 7. The lowest BCUT2D eigenvalue weighted by Crippen LogP contribution is -2.62. The number of nitrogens with two attached hydrogens (primary N) is 4. The Balaban J connectivity index is 1.30. The van der Waals surface area contributed by atoms with Gasteiger partial charge < -0.3 is 42.9 Å². The Labute approximate surface area is 279 Å². The van der Waals surface area contributed by atoms with Gasteiger partial charge in [0.2, 0.25) is 17.7 Å². The Bertz CT molecular complexity index is 1610. The molecule has 0 spiro atoms. The molecule has 0 saturated heterocycles. The zero-order valence-corrected chi connectivity index (χ0v) is 27.7. The van der Waals surface area contributed by atoms with Crippen LogP contribution in [0.5, 0.6) is 5.75 Å². The Morgan fingerprint density at radius 3 is 2.31 bits per heavy atom. The maximum Gasteiger partial charge on any atom is 0.249 e. The average Bonchev–Trinajstić information content (AvgIpc) is 3.67. The predicted molar refractivity (Wildman–Crippen MR) is 178 cm³/mol. The summed E-state index contributed by atoms with van der Waals surface area (Å²) < 4.78 is 5.86. The molecule has 3 atom stereocenters. The van der Waals surface area contributed by atoms with Gasteiger partial charge in [-0.25, -0.2) is 4.98 Å². The van der Waals surface area contributed by atoms with Crippen molar-refractivity contribution >= 4 is 17.8 Å². The smallest absolute Gasteiger partial charge is 0.249 e. The van der Waals surface area contributed by atoms with Crippen LogP contribution in [0, 0.1) is 42.9 Å². The third-order valence-corrected chi connectivity index (χ3v) is 11.1. The largest absolute Gasteiger partial charge is 0.508 e. The van der Waals surface area contributed by atoms with Crippen LogP contribution in [0.2, 0.25) is 0 Å². The molecule has 4 fully saturated rings. The van der Waals surface area contributed by atoms with E-state index in [2.05, 4.69) is 25.4 Å². The Hall–Kier alpha value is -4.46. The van der Waals surface area contributed by atoms with Gasteiger partial charge in [-0.1, -0.05) is 5.16 Å². The summed E-state index contributed by atoms with van der Waals surface area (Å²) in [4.78, 5) is 43.6. The molecule has 258 valence electrons. The average molecular weight is 661 g/mol. The van der Waals surface area contributed by atoms with Gasteiger partial charge in [0.1, 0.15) is 17.3 Å². The monoisotopic (exact) mass is 660 g/mol. The number of aliphatic imine (C=N–C) groups is 1. The van der Waals surface area contributed by atoms with Gasteiger partial charge >= 0.3 is 0 Å². The number of primary amides is 1. The van der Waals surface area contributed by atoms with Crippen LogP contribution in [0.4, 0.5) is 0 Å². The maximum absolute atomic E-state index is 14.5. The lowest BCUT2D eigenvalue weighted by molar-refractivity contribution is -0.135. The summed E-state index contributed by atoms with van der Waals surface area (Å²) in [5, 5.41) is 17.6. The molecule has 14 heteroatoms. The fourth-order valence-corrected chi connectivity index (χ4v) is 9.26. The number of guanidine groups is 1. The van der Waals surface area contributed by atoms with Crippen molar-refractivity contribution in [3.05, 3.63) is 58.8 Å². The van der Waals surface area contributed by atoms with E-state index in [1.165, 1.54) is 38.5 Å². The summed E-state index contributed by atoms with van der Waals surface area (Å²) in [6, 6.07) is 2.45. The second kappa shape index (κ2) is 13.2. The molecule has 4 aliphatic rings. The van der Waals surface area contributed by atoms with E-state index in [0.717, 1.165) is 46.6 Å². The van der Waals surface area contributed by atoms with Gasteiger partial charge in [-0.05, 0) is 117 Å². The number of aryl methyl sites for hydroxylation is 2. The zero-order chi connectivity index (χ0) is 34.2. The molecule has 0 aliphatic heterocycles. The third kappa shape index (κ3) is 7.03. The van der Waals surface area contributed by atoms with Crippen LogP contribution in [0.3, 0.4) is 0 Å². The molecule has 48 heavy (non-hydrogen) atoms. The second-order valence-corrected chi connectivity index (χ2v) is 14.8. The van der Waals surface area contributed by atoms with Crippen molar-refractivity contribution in [1.82, 2.24) is 25.4 Å². The highest BCUT2D eigenvalue weighted by molar-refractivity contribution is 5.93. The van der Waals surface area contributed by atoms with Gasteiger partial charge in [0, 0.05) is 31.3 Å². The predicted octanol–water partition coefficient (Wildman–Crippen LogP) is 1.98. The van der Waals surface area contributed by atoms with Crippen molar-refractivity contribution in [2.75, 3.05) is 6.54 Å². The number of H-pyrrole nitrogens is 1. The highest BCUT2D eigenvalue weighted by atomic mass is 16.5. The van der Waals surface area contributed by atoms with Gasteiger partial charge in [-0.2, -0.15) is 4.98 Å². The van der Waals surface area contributed by atoms with Crippen LogP contribution in [-0.2, 0) is 28.9 Å². The van der Waals surface area contributed by atoms with Crippen molar-refractivity contribution in [3.8, 4) is 5.75 Å². The molecule has 2 amide bonds. The topological polar surface area (TPSA) is 250 Å². The third-order valence-electron chi connectivity index (χ3n) is 11.1. The van der Waals surface area contributed by atoms with Crippen LogP contribution in [-0.4, -0.2) is 55.1 Å². The van der Waals surface area contributed by atoms with Crippen molar-refractivity contribution in [1.29, 1.82) is 0 Å². The molecule has 4 bridgehead atoms. The Morgan fingerprint density at radius 1 is 1.10 bits per heavy atom. The van der Waals surface area contributed by atoms with Crippen molar-refractivity contribution in [3.63, 3.8) is 0 Å². The van der Waals surface area contributed by atoms with Crippen molar-refractivity contribution in [2.24, 2.45) is 57.0 Å². The summed E-state index contributed by atoms with van der Waals surface area (Å²) in [6.45, 7) is 3.63. The minimum absolute atomic E-state index is 0.0198. The molecular formula is C34H48N10O4. The first kappa shape index (κ1) is 33.4. The molecule has 3 aromatic rings. The van der Waals surface area contributed by atoms with E-state index in [9.17, 15) is 14.7 Å². The molecule has 1 aromatic carbocycles. The van der Waals surface area contributed by atoms with E-state index in [0.29, 0.717) is 5.82 Å². The molecule has 0 radical (unpaired) electrons. The van der Waals surface area contributed by atoms with E-state index < -0.39 is 29.3 Å². The van der Waals surface area contributed by atoms with Crippen LogP contribution in [0.25, 0.3) is 0 Å². The number of rotatable bonds is 14. The number of carbonyl (C=O) groups excluding carboxylic acids is 2. The first-order chi connectivity index (χ1) is 22.8. The molecule has 1 unspecified atom stereocenters. The molecule has 4 saturated carbocycles. The van der Waals surface area contributed by atoms with E-state index >= 15 is 0 Å². The van der Waals surface area contributed by atoms with Crippen LogP contribution in [0.15, 0.2) is 34.2 Å². The number of benzene rings is 1. The number of nitrogens with zero attached hydrogens (tertiary/aromatic N) is 4. The Kier molecular flexibility index (Phi) is 9.20. The standard InChI is InChI=1S/C34H48N10O4/c1-18-5-24(45)6-19(2)25(18)11-26(34(38,31(35)47)3-4-40-32(36)37)29(46)42-27(10-23-16-39-17-41-23)30-43-28(44-48-30)15-33-12-20-7-21(13-33)9-22(8-20)14-33/h5-6,16-17,20-22,26-27,45H,3-4,7-15,38H2,1-2H3,(H2,35,47)(H,39,41)(H,42,46)(H4,36,37,40)/t20?,21?,22?,26-,27+,33?,34?/m1/s1. The Morgan fingerprint density at radius 2 is 1.75 bits per heavy atom. The first-order valence-electron chi connectivity index (χ1n) is 16.9. The maximum atomic E-state index is 14.5. The van der Waals surface area contributed by atoms with E-state index in [1.807, 2.05) is 13.8 Å². The van der Waals surface area contributed by atoms with Gasteiger partial charge in [0.05, 0.1) is 12.2 Å².